The molecular weight excluding hydrogens is 328 g/mol. The van der Waals surface area contributed by atoms with Gasteiger partial charge in [-0.3, -0.25) is 4.90 Å². The second-order valence-electron chi connectivity index (χ2n) is 7.63. The van der Waals surface area contributed by atoms with E-state index in [2.05, 4.69) is 25.8 Å². The molecule has 0 saturated carbocycles. The number of phenols is 1. The number of methoxy groups -OCH3 is 1. The molecule has 5 heterocycles. The minimum absolute atomic E-state index is 0.345. The van der Waals surface area contributed by atoms with Crippen molar-refractivity contribution < 1.29 is 9.84 Å². The maximum absolute atomic E-state index is 9.99. The molecule has 0 amide bonds. The monoisotopic (exact) mass is 352 g/mol. The van der Waals surface area contributed by atoms with Crippen LogP contribution in [0.4, 0.5) is 5.82 Å². The molecule has 4 aliphatic heterocycles. The van der Waals surface area contributed by atoms with Crippen molar-refractivity contribution in [2.24, 2.45) is 5.92 Å². The molecule has 0 spiro atoms. The Morgan fingerprint density at radius 2 is 1.96 bits per heavy atom. The molecule has 26 heavy (non-hydrogen) atoms. The second kappa shape index (κ2) is 6.13. The number of fused-ring (bicyclic) bond motifs is 2. The zero-order valence-corrected chi connectivity index (χ0v) is 15.0. The van der Waals surface area contributed by atoms with Gasteiger partial charge in [0, 0.05) is 30.6 Å². The summed E-state index contributed by atoms with van der Waals surface area (Å²) in [6.07, 6.45) is 4.10. The van der Waals surface area contributed by atoms with E-state index in [-0.39, 0.29) is 0 Å². The van der Waals surface area contributed by atoms with E-state index in [0.717, 1.165) is 12.4 Å². The summed E-state index contributed by atoms with van der Waals surface area (Å²) in [6.45, 7) is 3.27. The summed E-state index contributed by atoms with van der Waals surface area (Å²) in [5, 5.41) is 9.99. The Balaban J connectivity index is 1.56. The van der Waals surface area contributed by atoms with Crippen LogP contribution in [0.3, 0.4) is 0 Å². The van der Waals surface area contributed by atoms with Gasteiger partial charge in [0.2, 0.25) is 5.88 Å². The maximum Gasteiger partial charge on any atom is 0.218 e. The summed E-state index contributed by atoms with van der Waals surface area (Å²) >= 11 is 0. The zero-order valence-electron chi connectivity index (χ0n) is 15.0. The molecule has 2 bridgehead atoms. The van der Waals surface area contributed by atoms with Crippen LogP contribution in [0.25, 0.3) is 0 Å². The SMILES string of the molecule is COc1cc(N2C[C@@H](c3cccc(O)c3)[C@@H]3[C@H]2C2CCN3CC2)ncn1. The van der Waals surface area contributed by atoms with Gasteiger partial charge in [-0.2, -0.15) is 0 Å². The van der Waals surface area contributed by atoms with Crippen LogP contribution in [-0.2, 0) is 0 Å². The highest BCUT2D eigenvalue weighted by Gasteiger charge is 2.53. The smallest absolute Gasteiger partial charge is 0.218 e. The van der Waals surface area contributed by atoms with E-state index in [0.29, 0.717) is 35.5 Å². The van der Waals surface area contributed by atoms with Gasteiger partial charge in [-0.05, 0) is 49.5 Å². The number of ether oxygens (including phenoxy) is 1. The van der Waals surface area contributed by atoms with Crippen molar-refractivity contribution in [3.63, 3.8) is 0 Å². The van der Waals surface area contributed by atoms with Crippen molar-refractivity contribution in [1.82, 2.24) is 14.9 Å². The van der Waals surface area contributed by atoms with Gasteiger partial charge in [0.15, 0.2) is 0 Å². The van der Waals surface area contributed by atoms with Crippen LogP contribution in [0.2, 0.25) is 0 Å². The Morgan fingerprint density at radius 1 is 1.12 bits per heavy atom. The topological polar surface area (TPSA) is 61.7 Å². The molecule has 2 aromatic rings. The largest absolute Gasteiger partial charge is 0.508 e. The number of phenolic OH excluding ortho intramolecular Hbond substituents is 1. The average molecular weight is 352 g/mol. The number of anilines is 1. The van der Waals surface area contributed by atoms with Crippen LogP contribution in [0, 0.1) is 5.92 Å². The lowest BCUT2D eigenvalue weighted by atomic mass is 9.75. The maximum atomic E-state index is 9.99. The predicted octanol–water partition coefficient (Wildman–Crippen LogP) is 2.26. The van der Waals surface area contributed by atoms with Crippen molar-refractivity contribution in [2.45, 2.75) is 30.8 Å². The lowest BCUT2D eigenvalue weighted by molar-refractivity contribution is 0.0354. The number of benzene rings is 1. The lowest BCUT2D eigenvalue weighted by Gasteiger charge is -2.51. The highest BCUT2D eigenvalue weighted by Crippen LogP contribution is 2.48. The van der Waals surface area contributed by atoms with E-state index in [9.17, 15) is 5.11 Å². The van der Waals surface area contributed by atoms with Gasteiger partial charge >= 0.3 is 0 Å². The summed E-state index contributed by atoms with van der Waals surface area (Å²) in [7, 11) is 1.64. The predicted molar refractivity (Wildman–Crippen MR) is 98.7 cm³/mol. The van der Waals surface area contributed by atoms with Crippen LogP contribution in [0.5, 0.6) is 11.6 Å². The second-order valence-corrected chi connectivity index (χ2v) is 7.63. The van der Waals surface area contributed by atoms with E-state index in [1.54, 1.807) is 19.5 Å². The number of rotatable bonds is 3. The molecule has 0 unspecified atom stereocenters. The van der Waals surface area contributed by atoms with Crippen LogP contribution in [0.15, 0.2) is 36.7 Å². The first kappa shape index (κ1) is 15.9. The van der Waals surface area contributed by atoms with Crippen LogP contribution < -0.4 is 9.64 Å². The quantitative estimate of drug-likeness (QED) is 0.914. The number of aromatic nitrogens is 2. The van der Waals surface area contributed by atoms with E-state index in [1.165, 1.54) is 31.5 Å². The van der Waals surface area contributed by atoms with Crippen molar-refractivity contribution >= 4 is 5.82 Å². The van der Waals surface area contributed by atoms with Crippen molar-refractivity contribution in [2.75, 3.05) is 31.6 Å². The molecule has 6 heteroatoms. The van der Waals surface area contributed by atoms with Crippen LogP contribution in [-0.4, -0.2) is 58.8 Å². The Kier molecular flexibility index (Phi) is 3.74. The van der Waals surface area contributed by atoms with Crippen molar-refractivity contribution in [3.05, 3.63) is 42.2 Å². The van der Waals surface area contributed by atoms with E-state index in [4.69, 9.17) is 4.74 Å². The number of aromatic hydroxyl groups is 1. The van der Waals surface area contributed by atoms with Crippen molar-refractivity contribution in [1.29, 1.82) is 0 Å². The number of hydrogen-bond acceptors (Lipinski definition) is 6. The molecule has 4 aliphatic rings. The first-order valence-corrected chi connectivity index (χ1v) is 9.40. The zero-order chi connectivity index (χ0) is 17.7. The first-order valence-electron chi connectivity index (χ1n) is 9.40. The van der Waals surface area contributed by atoms with Gasteiger partial charge in [0.1, 0.15) is 17.9 Å². The van der Waals surface area contributed by atoms with E-state index < -0.39 is 0 Å². The minimum atomic E-state index is 0.345. The Hall–Kier alpha value is -2.34. The molecular formula is C20H24N4O2. The average Bonchev–Trinajstić information content (AvgIpc) is 3.12. The summed E-state index contributed by atoms with van der Waals surface area (Å²) in [5.74, 6) is 2.97. The van der Waals surface area contributed by atoms with Crippen LogP contribution >= 0.6 is 0 Å². The Bertz CT molecular complexity index is 806. The summed E-state index contributed by atoms with van der Waals surface area (Å²) in [6, 6.07) is 10.7. The molecule has 1 aromatic carbocycles. The molecule has 136 valence electrons. The van der Waals surface area contributed by atoms with Gasteiger partial charge in [-0.1, -0.05) is 12.1 Å². The molecule has 6 nitrogen and oxygen atoms in total. The molecule has 1 aromatic heterocycles. The number of nitrogens with zero attached hydrogens (tertiary/aromatic N) is 4. The fourth-order valence-corrected chi connectivity index (χ4v) is 5.33. The van der Waals surface area contributed by atoms with E-state index >= 15 is 0 Å². The standard InChI is InChI=1S/C20H24N4O2/c1-26-18-10-17(21-12-22-18)24-11-16(14-3-2-4-15(25)9-14)20-19(24)13-5-7-23(20)8-6-13/h2-4,9-10,12-13,16,19-20,25H,5-8,11H2,1H3/t16-,19+,20+/m0/s1. The number of piperidine rings is 3. The highest BCUT2D eigenvalue weighted by molar-refractivity contribution is 5.48. The Labute approximate surface area is 153 Å². The molecule has 0 aliphatic carbocycles. The van der Waals surface area contributed by atoms with E-state index in [1.807, 2.05) is 18.2 Å². The summed E-state index contributed by atoms with van der Waals surface area (Å²) in [5.41, 5.74) is 1.22. The third kappa shape index (κ3) is 2.43. The fourth-order valence-electron chi connectivity index (χ4n) is 5.33. The molecule has 4 fully saturated rings. The van der Waals surface area contributed by atoms with Crippen LogP contribution in [0.1, 0.15) is 24.3 Å². The van der Waals surface area contributed by atoms with Gasteiger partial charge < -0.3 is 14.7 Å². The third-order valence-electron chi connectivity index (χ3n) is 6.42. The number of hydrogen-bond donors (Lipinski definition) is 1. The summed E-state index contributed by atoms with van der Waals surface area (Å²) < 4.78 is 5.32. The highest BCUT2D eigenvalue weighted by atomic mass is 16.5. The minimum Gasteiger partial charge on any atom is -0.508 e. The lowest BCUT2D eigenvalue weighted by Crippen LogP contribution is -2.60. The first-order chi connectivity index (χ1) is 12.7. The van der Waals surface area contributed by atoms with Gasteiger partial charge in [0.05, 0.1) is 7.11 Å². The molecule has 0 radical (unpaired) electrons. The van der Waals surface area contributed by atoms with Gasteiger partial charge in [-0.15, -0.1) is 0 Å². The molecule has 4 saturated heterocycles. The molecule has 6 rings (SSSR count). The molecule has 1 N–H and O–H groups in total. The normalized spacial score (nSPS) is 32.5. The van der Waals surface area contributed by atoms with Crippen molar-refractivity contribution in [3.8, 4) is 11.6 Å². The fraction of sp³-hybridized carbons (Fsp3) is 0.500. The van der Waals surface area contributed by atoms with Gasteiger partial charge in [-0.25, -0.2) is 9.97 Å². The van der Waals surface area contributed by atoms with Gasteiger partial charge in [0.25, 0.3) is 0 Å². The third-order valence-corrected chi connectivity index (χ3v) is 6.42. The molecule has 3 atom stereocenters. The summed E-state index contributed by atoms with van der Waals surface area (Å²) in [4.78, 5) is 13.8. The Morgan fingerprint density at radius 3 is 2.73 bits per heavy atom.